The van der Waals surface area contributed by atoms with Crippen LogP contribution >= 0.6 is 0 Å². The Labute approximate surface area is 126 Å². The van der Waals surface area contributed by atoms with Gasteiger partial charge in [-0.25, -0.2) is 8.42 Å². The van der Waals surface area contributed by atoms with Crippen LogP contribution in [0.2, 0.25) is 0 Å². The van der Waals surface area contributed by atoms with Crippen LogP contribution in [0.4, 0.5) is 0 Å². The van der Waals surface area contributed by atoms with Crippen molar-refractivity contribution in [1.82, 2.24) is 5.32 Å². The summed E-state index contributed by atoms with van der Waals surface area (Å²) < 4.78 is 28.3. The van der Waals surface area contributed by atoms with E-state index in [-0.39, 0.29) is 0 Å². The van der Waals surface area contributed by atoms with Crippen LogP contribution in [0.1, 0.15) is 37.3 Å². The summed E-state index contributed by atoms with van der Waals surface area (Å²) in [5.74, 6) is 2.21. The van der Waals surface area contributed by atoms with Crippen molar-refractivity contribution in [1.29, 1.82) is 0 Å². The van der Waals surface area contributed by atoms with Crippen molar-refractivity contribution >= 4 is 9.84 Å². The molecule has 1 heterocycles. The zero-order chi connectivity index (χ0) is 14.9. The van der Waals surface area contributed by atoms with Gasteiger partial charge >= 0.3 is 0 Å². The fraction of sp³-hybridized carbons (Fsp3) is 0.625. The van der Waals surface area contributed by atoms with E-state index in [1.165, 1.54) is 18.4 Å². The predicted octanol–water partition coefficient (Wildman–Crippen LogP) is 2.31. The lowest BCUT2D eigenvalue weighted by Gasteiger charge is -2.29. The van der Waals surface area contributed by atoms with Crippen molar-refractivity contribution in [2.45, 2.75) is 37.8 Å². The summed E-state index contributed by atoms with van der Waals surface area (Å²) in [7, 11) is -1.11. The molecule has 5 heteroatoms. The molecule has 0 spiro atoms. The van der Waals surface area contributed by atoms with Crippen molar-refractivity contribution in [2.75, 3.05) is 18.6 Å². The molecule has 2 aliphatic rings. The first-order valence-corrected chi connectivity index (χ1v) is 9.50. The minimum Gasteiger partial charge on any atom is -0.497 e. The molecule has 1 aliphatic carbocycles. The number of benzene rings is 1. The average Bonchev–Trinajstić information content (AvgIpc) is 3.31. The molecule has 1 atom stereocenters. The molecule has 1 saturated carbocycles. The monoisotopic (exact) mass is 309 g/mol. The second-order valence-electron chi connectivity index (χ2n) is 6.18. The first-order valence-electron chi connectivity index (χ1n) is 7.68. The number of ether oxygens (including phenoxy) is 1. The molecule has 1 aliphatic heterocycles. The van der Waals surface area contributed by atoms with Gasteiger partial charge in [-0.2, -0.15) is 0 Å². The van der Waals surface area contributed by atoms with E-state index in [2.05, 4.69) is 17.4 Å². The lowest BCUT2D eigenvalue weighted by atomic mass is 10.00. The number of hydrogen-bond donors (Lipinski definition) is 1. The molecule has 0 bridgehead atoms. The van der Waals surface area contributed by atoms with Crippen LogP contribution in [0.3, 0.4) is 0 Å². The normalized spacial score (nSPS) is 23.7. The Morgan fingerprint density at radius 3 is 2.24 bits per heavy atom. The maximum absolute atomic E-state index is 11.5. The van der Waals surface area contributed by atoms with Crippen LogP contribution in [0.15, 0.2) is 24.3 Å². The standard InChI is InChI=1S/C16H23NO3S/c1-20-15-6-4-13(5-7-15)16(12-2-3-12)17-14-8-10-21(18,19)11-9-14/h4-7,12,14,16-17H,2-3,8-11H2,1H3. The molecule has 0 radical (unpaired) electrons. The van der Waals surface area contributed by atoms with Crippen molar-refractivity contribution in [2.24, 2.45) is 5.92 Å². The number of methoxy groups -OCH3 is 1. The summed E-state index contributed by atoms with van der Waals surface area (Å²) in [4.78, 5) is 0. The third kappa shape index (κ3) is 3.77. The minimum absolute atomic E-state index is 0.321. The lowest BCUT2D eigenvalue weighted by Crippen LogP contribution is -2.40. The van der Waals surface area contributed by atoms with E-state index >= 15 is 0 Å². The minimum atomic E-state index is -2.79. The van der Waals surface area contributed by atoms with Crippen molar-refractivity contribution in [3.8, 4) is 5.75 Å². The number of sulfone groups is 1. The van der Waals surface area contributed by atoms with Crippen molar-refractivity contribution < 1.29 is 13.2 Å². The molecule has 2 fully saturated rings. The molecular weight excluding hydrogens is 286 g/mol. The second kappa shape index (κ2) is 5.97. The molecule has 1 unspecified atom stereocenters. The molecule has 1 aromatic carbocycles. The molecule has 0 amide bonds. The molecule has 3 rings (SSSR count). The topological polar surface area (TPSA) is 55.4 Å². The van der Waals surface area contributed by atoms with Gasteiger partial charge in [-0.15, -0.1) is 0 Å². The quantitative estimate of drug-likeness (QED) is 0.907. The molecule has 1 N–H and O–H groups in total. The van der Waals surface area contributed by atoms with E-state index in [0.29, 0.717) is 29.5 Å². The summed E-state index contributed by atoms with van der Waals surface area (Å²) in [5.41, 5.74) is 1.28. The SMILES string of the molecule is COc1ccc(C(NC2CCS(=O)(=O)CC2)C2CC2)cc1. The Balaban J connectivity index is 1.67. The third-order valence-electron chi connectivity index (χ3n) is 4.54. The molecule has 1 aromatic rings. The number of nitrogens with one attached hydrogen (secondary N) is 1. The van der Waals surface area contributed by atoms with Crippen molar-refractivity contribution in [3.05, 3.63) is 29.8 Å². The highest BCUT2D eigenvalue weighted by atomic mass is 32.2. The van der Waals surface area contributed by atoms with Gasteiger partial charge in [-0.1, -0.05) is 12.1 Å². The highest BCUT2D eigenvalue weighted by molar-refractivity contribution is 7.91. The van der Waals surface area contributed by atoms with Crippen molar-refractivity contribution in [3.63, 3.8) is 0 Å². The third-order valence-corrected chi connectivity index (χ3v) is 6.25. The van der Waals surface area contributed by atoms with Gasteiger partial charge in [0.05, 0.1) is 18.6 Å². The van der Waals surface area contributed by atoms with Gasteiger partial charge in [0.2, 0.25) is 0 Å². The molecule has 4 nitrogen and oxygen atoms in total. The van der Waals surface area contributed by atoms with Gasteiger partial charge < -0.3 is 10.1 Å². The molecule has 1 saturated heterocycles. The van der Waals surface area contributed by atoms with Gasteiger partial charge in [0.25, 0.3) is 0 Å². The van der Waals surface area contributed by atoms with E-state index in [1.54, 1.807) is 7.11 Å². The van der Waals surface area contributed by atoms with Crippen LogP contribution in [-0.4, -0.2) is 33.1 Å². The first kappa shape index (κ1) is 14.9. The first-order chi connectivity index (χ1) is 10.1. The van der Waals surface area contributed by atoms with Gasteiger partial charge in [-0.3, -0.25) is 0 Å². The summed E-state index contributed by atoms with van der Waals surface area (Å²) in [6, 6.07) is 8.90. The van der Waals surface area contributed by atoms with E-state index in [0.717, 1.165) is 18.6 Å². The zero-order valence-corrected chi connectivity index (χ0v) is 13.2. The van der Waals surface area contributed by atoms with Crippen LogP contribution in [-0.2, 0) is 9.84 Å². The Morgan fingerprint density at radius 2 is 1.71 bits per heavy atom. The Kier molecular flexibility index (Phi) is 4.22. The summed E-state index contributed by atoms with van der Waals surface area (Å²) in [6.07, 6.45) is 3.99. The van der Waals surface area contributed by atoms with Gasteiger partial charge in [-0.05, 0) is 49.3 Å². The largest absolute Gasteiger partial charge is 0.497 e. The molecular formula is C16H23NO3S. The lowest BCUT2D eigenvalue weighted by molar-refractivity contribution is 0.378. The number of rotatable bonds is 5. The van der Waals surface area contributed by atoms with Crippen LogP contribution < -0.4 is 10.1 Å². The average molecular weight is 309 g/mol. The Hall–Kier alpha value is -1.07. The van der Waals surface area contributed by atoms with Gasteiger partial charge in [0.1, 0.15) is 15.6 Å². The van der Waals surface area contributed by atoms with Gasteiger partial charge in [0.15, 0.2) is 0 Å². The Bertz CT molecular complexity index is 564. The smallest absolute Gasteiger partial charge is 0.150 e. The highest BCUT2D eigenvalue weighted by Crippen LogP contribution is 2.42. The van der Waals surface area contributed by atoms with E-state index in [4.69, 9.17) is 4.74 Å². The zero-order valence-electron chi connectivity index (χ0n) is 12.4. The maximum atomic E-state index is 11.5. The maximum Gasteiger partial charge on any atom is 0.150 e. The number of hydrogen-bond acceptors (Lipinski definition) is 4. The van der Waals surface area contributed by atoms with E-state index in [1.807, 2.05) is 12.1 Å². The van der Waals surface area contributed by atoms with Crippen LogP contribution in [0, 0.1) is 5.92 Å². The van der Waals surface area contributed by atoms with Crippen LogP contribution in [0.25, 0.3) is 0 Å². The molecule has 21 heavy (non-hydrogen) atoms. The molecule has 116 valence electrons. The Morgan fingerprint density at radius 1 is 1.10 bits per heavy atom. The fourth-order valence-corrected chi connectivity index (χ4v) is 4.55. The van der Waals surface area contributed by atoms with E-state index in [9.17, 15) is 8.42 Å². The summed E-state index contributed by atoms with van der Waals surface area (Å²) in [5, 5.41) is 3.70. The van der Waals surface area contributed by atoms with Gasteiger partial charge in [0, 0.05) is 12.1 Å². The fourth-order valence-electron chi connectivity index (χ4n) is 3.06. The van der Waals surface area contributed by atoms with Crippen LogP contribution in [0.5, 0.6) is 5.75 Å². The molecule has 0 aromatic heterocycles. The highest BCUT2D eigenvalue weighted by Gasteiger charge is 2.35. The second-order valence-corrected chi connectivity index (χ2v) is 8.48. The summed E-state index contributed by atoms with van der Waals surface area (Å²) in [6.45, 7) is 0. The van der Waals surface area contributed by atoms with E-state index < -0.39 is 9.84 Å². The predicted molar refractivity (Wildman–Crippen MR) is 83.3 cm³/mol. The summed E-state index contributed by atoms with van der Waals surface area (Å²) >= 11 is 0.